The highest BCUT2D eigenvalue weighted by atomic mass is 32.2. The number of amides is 1. The van der Waals surface area contributed by atoms with Gasteiger partial charge < -0.3 is 10.1 Å². The fourth-order valence-electron chi connectivity index (χ4n) is 3.26. The fourth-order valence-corrected chi connectivity index (χ4v) is 4.22. The van der Waals surface area contributed by atoms with Gasteiger partial charge in [-0.05, 0) is 25.1 Å². The Morgan fingerprint density at radius 1 is 1.19 bits per heavy atom. The van der Waals surface area contributed by atoms with E-state index < -0.39 is 22.8 Å². The second kappa shape index (κ2) is 9.67. The van der Waals surface area contributed by atoms with Gasteiger partial charge in [0.25, 0.3) is 0 Å². The van der Waals surface area contributed by atoms with Gasteiger partial charge in [-0.25, -0.2) is 18.7 Å². The van der Waals surface area contributed by atoms with Crippen LogP contribution in [0.4, 0.5) is 14.5 Å². The third kappa shape index (κ3) is 5.36. The molecule has 162 valence electrons. The first-order valence-electron chi connectivity index (χ1n) is 9.98. The summed E-state index contributed by atoms with van der Waals surface area (Å²) in [7, 11) is 0. The SMILES string of the molecule is C[C@H](Sc1nc(CN2CCOCC2)nc2ccccc12)C(=O)Nc1ccc(F)cc1F. The molecule has 0 spiro atoms. The Hall–Kier alpha value is -2.62. The van der Waals surface area contributed by atoms with Crippen LogP contribution in [0, 0.1) is 11.6 Å². The van der Waals surface area contributed by atoms with Gasteiger partial charge in [0.15, 0.2) is 0 Å². The third-order valence-electron chi connectivity index (χ3n) is 4.93. The molecule has 31 heavy (non-hydrogen) atoms. The van der Waals surface area contributed by atoms with E-state index in [0.29, 0.717) is 30.6 Å². The number of nitrogens with one attached hydrogen (secondary N) is 1. The Morgan fingerprint density at radius 3 is 2.74 bits per heavy atom. The summed E-state index contributed by atoms with van der Waals surface area (Å²) < 4.78 is 32.4. The van der Waals surface area contributed by atoms with Crippen LogP contribution in [0.5, 0.6) is 0 Å². The monoisotopic (exact) mass is 444 g/mol. The number of rotatable bonds is 6. The van der Waals surface area contributed by atoms with Crippen molar-refractivity contribution in [3.63, 3.8) is 0 Å². The number of hydrogen-bond acceptors (Lipinski definition) is 6. The average molecular weight is 445 g/mol. The van der Waals surface area contributed by atoms with Crippen molar-refractivity contribution in [3.05, 3.63) is 59.9 Å². The number of carbonyl (C=O) groups excluding carboxylic acids is 1. The molecule has 9 heteroatoms. The number of carbonyl (C=O) groups is 1. The summed E-state index contributed by atoms with van der Waals surface area (Å²) in [5.41, 5.74) is 0.750. The zero-order valence-corrected chi connectivity index (χ0v) is 17.8. The molecule has 0 radical (unpaired) electrons. The van der Waals surface area contributed by atoms with Crippen LogP contribution in [0.2, 0.25) is 0 Å². The minimum absolute atomic E-state index is 0.0561. The second-order valence-corrected chi connectivity index (χ2v) is 8.55. The summed E-state index contributed by atoms with van der Waals surface area (Å²) >= 11 is 1.28. The molecule has 1 fully saturated rings. The average Bonchev–Trinajstić information content (AvgIpc) is 2.76. The van der Waals surface area contributed by atoms with E-state index in [4.69, 9.17) is 9.72 Å². The molecule has 2 aromatic carbocycles. The predicted molar refractivity (Wildman–Crippen MR) is 116 cm³/mol. The molecular weight excluding hydrogens is 422 g/mol. The van der Waals surface area contributed by atoms with E-state index in [0.717, 1.165) is 36.1 Å². The lowest BCUT2D eigenvalue weighted by molar-refractivity contribution is -0.115. The molecule has 1 atom stereocenters. The van der Waals surface area contributed by atoms with Crippen LogP contribution in [0.25, 0.3) is 10.9 Å². The minimum Gasteiger partial charge on any atom is -0.379 e. The van der Waals surface area contributed by atoms with Crippen LogP contribution in [0.15, 0.2) is 47.5 Å². The summed E-state index contributed by atoms with van der Waals surface area (Å²) in [4.78, 5) is 24.3. The summed E-state index contributed by atoms with van der Waals surface area (Å²) in [5, 5.41) is 3.51. The van der Waals surface area contributed by atoms with Crippen LogP contribution >= 0.6 is 11.8 Å². The molecule has 1 saturated heterocycles. The lowest BCUT2D eigenvalue weighted by Crippen LogP contribution is -2.36. The van der Waals surface area contributed by atoms with Gasteiger partial charge in [-0.2, -0.15) is 0 Å². The predicted octanol–water partition coefficient (Wildman–Crippen LogP) is 3.86. The lowest BCUT2D eigenvalue weighted by Gasteiger charge is -2.26. The van der Waals surface area contributed by atoms with Gasteiger partial charge in [0.2, 0.25) is 5.91 Å². The van der Waals surface area contributed by atoms with Crippen LogP contribution in [0.1, 0.15) is 12.7 Å². The van der Waals surface area contributed by atoms with Crippen molar-refractivity contribution in [2.45, 2.75) is 23.7 Å². The highest BCUT2D eigenvalue weighted by Crippen LogP contribution is 2.30. The number of aromatic nitrogens is 2. The first-order valence-corrected chi connectivity index (χ1v) is 10.9. The van der Waals surface area contributed by atoms with Crippen molar-refractivity contribution < 1.29 is 18.3 Å². The van der Waals surface area contributed by atoms with E-state index in [9.17, 15) is 13.6 Å². The first kappa shape index (κ1) is 21.6. The van der Waals surface area contributed by atoms with Gasteiger partial charge in [0.05, 0.1) is 36.2 Å². The second-order valence-electron chi connectivity index (χ2n) is 7.22. The quantitative estimate of drug-likeness (QED) is 0.460. The van der Waals surface area contributed by atoms with Gasteiger partial charge in [-0.1, -0.05) is 30.0 Å². The number of fused-ring (bicyclic) bond motifs is 1. The molecule has 1 aliphatic rings. The topological polar surface area (TPSA) is 67.3 Å². The van der Waals surface area contributed by atoms with E-state index in [1.54, 1.807) is 6.92 Å². The van der Waals surface area contributed by atoms with E-state index in [2.05, 4.69) is 15.2 Å². The number of thioether (sulfide) groups is 1. The molecular formula is C22H22F2N4O2S. The Morgan fingerprint density at radius 2 is 1.97 bits per heavy atom. The van der Waals surface area contributed by atoms with Crippen LogP contribution < -0.4 is 5.32 Å². The van der Waals surface area contributed by atoms with E-state index in [-0.39, 0.29) is 5.69 Å². The molecule has 1 aliphatic heterocycles. The number of anilines is 1. The molecule has 1 N–H and O–H groups in total. The van der Waals surface area contributed by atoms with Crippen LogP contribution in [0.3, 0.4) is 0 Å². The molecule has 4 rings (SSSR count). The molecule has 0 saturated carbocycles. The smallest absolute Gasteiger partial charge is 0.237 e. The lowest BCUT2D eigenvalue weighted by atomic mass is 10.2. The van der Waals surface area contributed by atoms with Gasteiger partial charge in [-0.3, -0.25) is 9.69 Å². The number of morpholine rings is 1. The Kier molecular flexibility index (Phi) is 6.74. The summed E-state index contributed by atoms with van der Waals surface area (Å²) in [5.74, 6) is -1.22. The van der Waals surface area contributed by atoms with E-state index in [1.165, 1.54) is 17.8 Å². The summed E-state index contributed by atoms with van der Waals surface area (Å²) in [6, 6.07) is 10.7. The largest absolute Gasteiger partial charge is 0.379 e. The molecule has 2 heterocycles. The molecule has 3 aromatic rings. The number of para-hydroxylation sites is 1. The molecule has 0 bridgehead atoms. The van der Waals surface area contributed by atoms with Crippen molar-refractivity contribution in [1.82, 2.24) is 14.9 Å². The Labute approximate surface area is 183 Å². The molecule has 1 amide bonds. The van der Waals surface area contributed by atoms with Crippen molar-refractivity contribution >= 4 is 34.3 Å². The zero-order valence-electron chi connectivity index (χ0n) is 17.0. The first-order chi connectivity index (χ1) is 15.0. The Balaban J connectivity index is 1.53. The van der Waals surface area contributed by atoms with E-state index in [1.807, 2.05) is 24.3 Å². The van der Waals surface area contributed by atoms with Crippen molar-refractivity contribution in [3.8, 4) is 0 Å². The maximum Gasteiger partial charge on any atom is 0.237 e. The number of hydrogen-bond donors (Lipinski definition) is 1. The van der Waals surface area contributed by atoms with Crippen LogP contribution in [-0.4, -0.2) is 52.3 Å². The van der Waals surface area contributed by atoms with Gasteiger partial charge in [0.1, 0.15) is 22.5 Å². The minimum atomic E-state index is -0.814. The van der Waals surface area contributed by atoms with Crippen molar-refractivity contribution in [2.24, 2.45) is 0 Å². The third-order valence-corrected chi connectivity index (χ3v) is 6.03. The number of halogens is 2. The number of benzene rings is 2. The van der Waals surface area contributed by atoms with Gasteiger partial charge in [0, 0.05) is 24.5 Å². The van der Waals surface area contributed by atoms with Crippen LogP contribution in [-0.2, 0) is 16.1 Å². The highest BCUT2D eigenvalue weighted by Gasteiger charge is 2.20. The van der Waals surface area contributed by atoms with E-state index >= 15 is 0 Å². The normalized spacial score (nSPS) is 15.7. The molecule has 6 nitrogen and oxygen atoms in total. The van der Waals surface area contributed by atoms with Crippen molar-refractivity contribution in [1.29, 1.82) is 0 Å². The highest BCUT2D eigenvalue weighted by molar-refractivity contribution is 8.00. The summed E-state index contributed by atoms with van der Waals surface area (Å²) in [6.45, 7) is 5.34. The molecule has 0 aliphatic carbocycles. The maximum atomic E-state index is 13.9. The van der Waals surface area contributed by atoms with Gasteiger partial charge in [-0.15, -0.1) is 0 Å². The standard InChI is InChI=1S/C22H22F2N4O2S/c1-14(21(29)26-19-7-6-15(23)12-17(19)24)31-22-16-4-2-3-5-18(16)25-20(27-22)13-28-8-10-30-11-9-28/h2-7,12,14H,8-11,13H2,1H3,(H,26,29)/t14-/m0/s1. The molecule has 0 unspecified atom stereocenters. The zero-order chi connectivity index (χ0) is 21.8. The number of nitrogens with zero attached hydrogens (tertiary/aromatic N) is 3. The number of ether oxygens (including phenoxy) is 1. The van der Waals surface area contributed by atoms with Crippen molar-refractivity contribution in [2.75, 3.05) is 31.6 Å². The molecule has 1 aromatic heterocycles. The van der Waals surface area contributed by atoms with Gasteiger partial charge >= 0.3 is 0 Å². The Bertz CT molecular complexity index is 1090. The summed E-state index contributed by atoms with van der Waals surface area (Å²) in [6.07, 6.45) is 0. The fraction of sp³-hybridized carbons (Fsp3) is 0.318. The maximum absolute atomic E-state index is 13.9.